The Hall–Kier alpha value is -1.47. The standard InChI is InChI=1S/C14H18FNO4S/c1-9-12(15)7-10(14(17)18)8-13(9)21(19,20)16(2)11-5-3-4-6-11/h7-8,11H,3-6H2,1-2H3,(H,17,18). The summed E-state index contributed by atoms with van der Waals surface area (Å²) >= 11 is 0. The minimum atomic E-state index is -3.90. The number of nitrogens with zero attached hydrogens (tertiary/aromatic N) is 1. The van der Waals surface area contributed by atoms with Gasteiger partial charge in [0.2, 0.25) is 10.0 Å². The lowest BCUT2D eigenvalue weighted by Crippen LogP contribution is -2.35. The van der Waals surface area contributed by atoms with Crippen molar-refractivity contribution in [3.63, 3.8) is 0 Å². The number of aromatic carboxylic acids is 1. The maximum atomic E-state index is 13.8. The Morgan fingerprint density at radius 3 is 2.43 bits per heavy atom. The molecular weight excluding hydrogens is 297 g/mol. The van der Waals surface area contributed by atoms with Crippen LogP contribution in [0.5, 0.6) is 0 Å². The number of halogens is 1. The van der Waals surface area contributed by atoms with E-state index in [1.807, 2.05) is 0 Å². The Morgan fingerprint density at radius 2 is 1.90 bits per heavy atom. The highest BCUT2D eigenvalue weighted by Gasteiger charge is 2.32. The van der Waals surface area contributed by atoms with Gasteiger partial charge in [0.15, 0.2) is 0 Å². The summed E-state index contributed by atoms with van der Waals surface area (Å²) in [5, 5.41) is 8.97. The molecule has 0 aromatic heterocycles. The molecule has 0 radical (unpaired) electrons. The Morgan fingerprint density at radius 1 is 1.33 bits per heavy atom. The average molecular weight is 315 g/mol. The number of carboxylic acids is 1. The molecule has 116 valence electrons. The summed E-state index contributed by atoms with van der Waals surface area (Å²) in [4.78, 5) is 10.7. The molecule has 0 bridgehead atoms. The molecular formula is C14H18FNO4S. The SMILES string of the molecule is Cc1c(F)cc(C(=O)O)cc1S(=O)(=O)N(C)C1CCCC1. The van der Waals surface area contributed by atoms with Crippen molar-refractivity contribution in [3.8, 4) is 0 Å². The smallest absolute Gasteiger partial charge is 0.335 e. The largest absolute Gasteiger partial charge is 0.478 e. The molecule has 0 heterocycles. The van der Waals surface area contributed by atoms with E-state index < -0.39 is 21.8 Å². The van der Waals surface area contributed by atoms with Crippen LogP contribution in [0.25, 0.3) is 0 Å². The molecule has 21 heavy (non-hydrogen) atoms. The van der Waals surface area contributed by atoms with Gasteiger partial charge in [-0.05, 0) is 31.9 Å². The van der Waals surface area contributed by atoms with Crippen molar-refractivity contribution in [2.24, 2.45) is 0 Å². The second-order valence-electron chi connectivity index (χ2n) is 5.35. The van der Waals surface area contributed by atoms with E-state index >= 15 is 0 Å². The highest BCUT2D eigenvalue weighted by atomic mass is 32.2. The number of sulfonamides is 1. The maximum Gasteiger partial charge on any atom is 0.335 e. The van der Waals surface area contributed by atoms with Gasteiger partial charge in [-0.25, -0.2) is 17.6 Å². The molecule has 1 aromatic carbocycles. The molecule has 0 spiro atoms. The molecule has 0 unspecified atom stereocenters. The monoisotopic (exact) mass is 315 g/mol. The van der Waals surface area contributed by atoms with Crippen molar-refractivity contribution in [2.45, 2.75) is 43.5 Å². The fourth-order valence-electron chi connectivity index (χ4n) is 2.66. The van der Waals surface area contributed by atoms with Crippen LogP contribution in [-0.2, 0) is 10.0 Å². The third-order valence-corrected chi connectivity index (χ3v) is 6.08. The van der Waals surface area contributed by atoms with Crippen molar-refractivity contribution in [1.82, 2.24) is 4.31 Å². The van der Waals surface area contributed by atoms with Crippen molar-refractivity contribution in [1.29, 1.82) is 0 Å². The van der Waals surface area contributed by atoms with Gasteiger partial charge in [-0.1, -0.05) is 12.8 Å². The summed E-state index contributed by atoms with van der Waals surface area (Å²) in [7, 11) is -2.43. The van der Waals surface area contributed by atoms with E-state index in [-0.39, 0.29) is 22.1 Å². The number of hydrogen-bond acceptors (Lipinski definition) is 3. The van der Waals surface area contributed by atoms with Crippen LogP contribution >= 0.6 is 0 Å². The Kier molecular flexibility index (Phi) is 4.34. The van der Waals surface area contributed by atoms with Crippen LogP contribution in [0, 0.1) is 12.7 Å². The zero-order valence-corrected chi connectivity index (χ0v) is 12.8. The van der Waals surface area contributed by atoms with Crippen LogP contribution in [0.1, 0.15) is 41.6 Å². The van der Waals surface area contributed by atoms with Crippen LogP contribution in [0.4, 0.5) is 4.39 Å². The van der Waals surface area contributed by atoms with Gasteiger partial charge in [-0.3, -0.25) is 0 Å². The van der Waals surface area contributed by atoms with E-state index in [0.717, 1.165) is 37.8 Å². The second kappa shape index (κ2) is 5.73. The zero-order chi connectivity index (χ0) is 15.8. The fraction of sp³-hybridized carbons (Fsp3) is 0.500. The topological polar surface area (TPSA) is 74.7 Å². The van der Waals surface area contributed by atoms with E-state index in [4.69, 9.17) is 5.11 Å². The van der Waals surface area contributed by atoms with Gasteiger partial charge in [0.1, 0.15) is 5.82 Å². The minimum Gasteiger partial charge on any atom is -0.478 e. The first kappa shape index (κ1) is 15.9. The number of carboxylic acid groups (broad SMARTS) is 1. The molecule has 1 saturated carbocycles. The Balaban J connectivity index is 2.50. The molecule has 0 amide bonds. The van der Waals surface area contributed by atoms with E-state index in [0.29, 0.717) is 0 Å². The predicted molar refractivity (Wildman–Crippen MR) is 75.3 cm³/mol. The molecule has 0 saturated heterocycles. The predicted octanol–water partition coefficient (Wildman–Crippen LogP) is 2.40. The van der Waals surface area contributed by atoms with Crippen LogP contribution < -0.4 is 0 Å². The summed E-state index contributed by atoms with van der Waals surface area (Å²) in [6, 6.07) is 1.76. The van der Waals surface area contributed by atoms with Crippen molar-refractivity contribution in [2.75, 3.05) is 7.05 Å². The minimum absolute atomic E-state index is 0.0511. The van der Waals surface area contributed by atoms with Gasteiger partial charge < -0.3 is 5.11 Å². The van der Waals surface area contributed by atoms with Gasteiger partial charge >= 0.3 is 5.97 Å². The van der Waals surface area contributed by atoms with E-state index in [1.165, 1.54) is 18.3 Å². The average Bonchev–Trinajstić information content (AvgIpc) is 2.94. The summed E-state index contributed by atoms with van der Waals surface area (Å²) in [5.74, 6) is -2.18. The van der Waals surface area contributed by atoms with Gasteiger partial charge in [-0.2, -0.15) is 4.31 Å². The van der Waals surface area contributed by atoms with Gasteiger partial charge in [0.05, 0.1) is 10.5 Å². The van der Waals surface area contributed by atoms with Crippen LogP contribution in [0.15, 0.2) is 17.0 Å². The lowest BCUT2D eigenvalue weighted by atomic mass is 10.1. The Bertz CT molecular complexity index is 666. The highest BCUT2D eigenvalue weighted by molar-refractivity contribution is 7.89. The molecule has 1 aliphatic rings. The molecule has 7 heteroatoms. The molecule has 5 nitrogen and oxygen atoms in total. The zero-order valence-electron chi connectivity index (χ0n) is 12.0. The molecule has 0 atom stereocenters. The second-order valence-corrected chi connectivity index (χ2v) is 7.31. The number of carbonyl (C=O) groups is 1. The normalized spacial score (nSPS) is 16.6. The Labute approximate surface area is 123 Å². The van der Waals surface area contributed by atoms with Crippen LogP contribution in [0.3, 0.4) is 0 Å². The first-order valence-corrected chi connectivity index (χ1v) is 8.20. The van der Waals surface area contributed by atoms with Crippen LogP contribution in [0.2, 0.25) is 0 Å². The van der Waals surface area contributed by atoms with E-state index in [9.17, 15) is 17.6 Å². The molecule has 0 aliphatic heterocycles. The van der Waals surface area contributed by atoms with E-state index in [2.05, 4.69) is 0 Å². The molecule has 1 fully saturated rings. The van der Waals surface area contributed by atoms with Crippen molar-refractivity contribution < 1.29 is 22.7 Å². The van der Waals surface area contributed by atoms with Crippen molar-refractivity contribution >= 4 is 16.0 Å². The summed E-state index contributed by atoms with van der Waals surface area (Å²) in [6.07, 6.45) is 3.48. The summed E-state index contributed by atoms with van der Waals surface area (Å²) in [5.41, 5.74) is -0.415. The van der Waals surface area contributed by atoms with Gasteiger partial charge in [-0.15, -0.1) is 0 Å². The van der Waals surface area contributed by atoms with Gasteiger partial charge in [0.25, 0.3) is 0 Å². The van der Waals surface area contributed by atoms with Crippen molar-refractivity contribution in [3.05, 3.63) is 29.1 Å². The third-order valence-electron chi connectivity index (χ3n) is 4.04. The summed E-state index contributed by atoms with van der Waals surface area (Å²) in [6.45, 7) is 1.34. The van der Waals surface area contributed by atoms with Crippen LogP contribution in [-0.4, -0.2) is 36.9 Å². The molecule has 1 N–H and O–H groups in total. The van der Waals surface area contributed by atoms with E-state index in [1.54, 1.807) is 0 Å². The molecule has 2 rings (SSSR count). The molecule has 1 aromatic rings. The number of benzene rings is 1. The third kappa shape index (κ3) is 2.94. The maximum absolute atomic E-state index is 13.8. The lowest BCUT2D eigenvalue weighted by Gasteiger charge is -2.24. The molecule has 1 aliphatic carbocycles. The quantitative estimate of drug-likeness (QED) is 0.926. The highest BCUT2D eigenvalue weighted by Crippen LogP contribution is 2.29. The number of hydrogen-bond donors (Lipinski definition) is 1. The number of rotatable bonds is 4. The summed E-state index contributed by atoms with van der Waals surface area (Å²) < 4.78 is 40.3. The fourth-order valence-corrected chi connectivity index (χ4v) is 4.34. The first-order chi connectivity index (χ1) is 9.75. The lowest BCUT2D eigenvalue weighted by molar-refractivity contribution is 0.0696. The van der Waals surface area contributed by atoms with Gasteiger partial charge in [0, 0.05) is 18.7 Å². The first-order valence-electron chi connectivity index (χ1n) is 6.76.